The topological polar surface area (TPSA) is 38.5 Å². The highest BCUT2D eigenvalue weighted by atomic mass is 16.5. The molecule has 96 valence electrons. The van der Waals surface area contributed by atoms with Crippen molar-refractivity contribution in [3.05, 3.63) is 0 Å². The quantitative estimate of drug-likeness (QED) is 0.723. The molecule has 0 atom stereocenters. The molecule has 3 heteroatoms. The van der Waals surface area contributed by atoms with E-state index in [1.54, 1.807) is 7.11 Å². The molecule has 0 unspecified atom stereocenters. The fourth-order valence-electron chi connectivity index (χ4n) is 1.75. The third-order valence-corrected chi connectivity index (χ3v) is 3.99. The van der Waals surface area contributed by atoms with Gasteiger partial charge in [0.2, 0.25) is 0 Å². The van der Waals surface area contributed by atoms with Crippen molar-refractivity contribution in [1.82, 2.24) is 4.90 Å². The third kappa shape index (κ3) is 3.72. The first-order valence-electron chi connectivity index (χ1n) is 6.30. The Balaban J connectivity index is 2.53. The number of rotatable bonds is 7. The van der Waals surface area contributed by atoms with E-state index in [0.717, 1.165) is 25.7 Å². The van der Waals surface area contributed by atoms with Gasteiger partial charge in [0.1, 0.15) is 0 Å². The fourth-order valence-corrected chi connectivity index (χ4v) is 1.75. The Morgan fingerprint density at radius 1 is 1.25 bits per heavy atom. The van der Waals surface area contributed by atoms with Gasteiger partial charge in [0.15, 0.2) is 0 Å². The van der Waals surface area contributed by atoms with Crippen molar-refractivity contribution in [2.75, 3.05) is 26.8 Å². The van der Waals surface area contributed by atoms with Crippen LogP contribution in [0.25, 0.3) is 0 Å². The summed E-state index contributed by atoms with van der Waals surface area (Å²) in [6, 6.07) is 0.775. The number of nitrogens with two attached hydrogens (primary N) is 1. The van der Waals surface area contributed by atoms with Crippen LogP contribution < -0.4 is 5.73 Å². The van der Waals surface area contributed by atoms with E-state index in [0.29, 0.717) is 0 Å². The molecule has 3 nitrogen and oxygen atoms in total. The molecule has 0 aromatic carbocycles. The van der Waals surface area contributed by atoms with Crippen molar-refractivity contribution in [3.63, 3.8) is 0 Å². The summed E-state index contributed by atoms with van der Waals surface area (Å²) in [5, 5.41) is 0. The maximum absolute atomic E-state index is 6.25. The molecule has 1 aliphatic carbocycles. The lowest BCUT2D eigenvalue weighted by molar-refractivity contribution is 0.0810. The summed E-state index contributed by atoms with van der Waals surface area (Å²) in [7, 11) is 1.77. The SMILES string of the molecule is COCCN(CC(C)(C)C(C)(C)N)C1CC1. The van der Waals surface area contributed by atoms with Gasteiger partial charge in [0.25, 0.3) is 0 Å². The number of ether oxygens (including phenoxy) is 1. The molecule has 2 N–H and O–H groups in total. The molecule has 0 aromatic heterocycles. The molecule has 1 saturated carbocycles. The molecule has 1 aliphatic rings. The zero-order valence-corrected chi connectivity index (χ0v) is 11.5. The zero-order chi connectivity index (χ0) is 12.4. The van der Waals surface area contributed by atoms with Crippen LogP contribution in [0, 0.1) is 5.41 Å². The summed E-state index contributed by atoms with van der Waals surface area (Å²) in [6.07, 6.45) is 2.68. The predicted molar refractivity (Wildman–Crippen MR) is 68.5 cm³/mol. The molecule has 1 rings (SSSR count). The van der Waals surface area contributed by atoms with Gasteiger partial charge in [0.05, 0.1) is 6.61 Å². The van der Waals surface area contributed by atoms with Gasteiger partial charge in [-0.3, -0.25) is 4.90 Å². The monoisotopic (exact) mass is 228 g/mol. The predicted octanol–water partition coefficient (Wildman–Crippen LogP) is 1.86. The normalized spacial score (nSPS) is 18.2. The zero-order valence-electron chi connectivity index (χ0n) is 11.5. The Hall–Kier alpha value is -0.120. The van der Waals surface area contributed by atoms with Crippen LogP contribution in [-0.2, 0) is 4.74 Å². The highest BCUT2D eigenvalue weighted by Crippen LogP contribution is 2.34. The van der Waals surface area contributed by atoms with Crippen molar-refractivity contribution >= 4 is 0 Å². The molecule has 0 heterocycles. The summed E-state index contributed by atoms with van der Waals surface area (Å²) in [4.78, 5) is 2.54. The lowest BCUT2D eigenvalue weighted by atomic mass is 9.75. The smallest absolute Gasteiger partial charge is 0.0589 e. The van der Waals surface area contributed by atoms with Gasteiger partial charge in [0, 0.05) is 31.8 Å². The van der Waals surface area contributed by atoms with Crippen molar-refractivity contribution in [2.24, 2.45) is 11.1 Å². The van der Waals surface area contributed by atoms with Crippen LogP contribution in [0.2, 0.25) is 0 Å². The Morgan fingerprint density at radius 2 is 1.81 bits per heavy atom. The fraction of sp³-hybridized carbons (Fsp3) is 1.00. The molecule has 1 fully saturated rings. The molecule has 0 bridgehead atoms. The van der Waals surface area contributed by atoms with E-state index >= 15 is 0 Å². The summed E-state index contributed by atoms with van der Waals surface area (Å²) in [5.74, 6) is 0. The molecule has 0 spiro atoms. The van der Waals surface area contributed by atoms with Crippen molar-refractivity contribution < 1.29 is 4.74 Å². The van der Waals surface area contributed by atoms with Gasteiger partial charge in [-0.15, -0.1) is 0 Å². The lowest BCUT2D eigenvalue weighted by Gasteiger charge is -2.42. The van der Waals surface area contributed by atoms with E-state index in [1.807, 2.05) is 0 Å². The third-order valence-electron chi connectivity index (χ3n) is 3.99. The second-order valence-electron chi connectivity index (χ2n) is 6.30. The van der Waals surface area contributed by atoms with E-state index in [1.165, 1.54) is 12.8 Å². The van der Waals surface area contributed by atoms with Crippen LogP contribution >= 0.6 is 0 Å². The van der Waals surface area contributed by atoms with E-state index in [4.69, 9.17) is 10.5 Å². The van der Waals surface area contributed by atoms with Crippen LogP contribution in [0.3, 0.4) is 0 Å². The van der Waals surface area contributed by atoms with Crippen LogP contribution in [-0.4, -0.2) is 43.3 Å². The summed E-state index contributed by atoms with van der Waals surface area (Å²) >= 11 is 0. The Kier molecular flexibility index (Phi) is 4.38. The number of hydrogen-bond acceptors (Lipinski definition) is 3. The first-order valence-corrected chi connectivity index (χ1v) is 6.30. The first-order chi connectivity index (χ1) is 7.28. The van der Waals surface area contributed by atoms with E-state index in [2.05, 4.69) is 32.6 Å². The van der Waals surface area contributed by atoms with Crippen molar-refractivity contribution in [2.45, 2.75) is 52.1 Å². The minimum Gasteiger partial charge on any atom is -0.383 e. The summed E-state index contributed by atoms with van der Waals surface area (Å²) in [6.45, 7) is 11.7. The molecule has 0 amide bonds. The van der Waals surface area contributed by atoms with Gasteiger partial charge in [-0.1, -0.05) is 13.8 Å². The molecular formula is C13H28N2O. The van der Waals surface area contributed by atoms with E-state index < -0.39 is 0 Å². The van der Waals surface area contributed by atoms with E-state index in [9.17, 15) is 0 Å². The largest absolute Gasteiger partial charge is 0.383 e. The van der Waals surface area contributed by atoms with Crippen molar-refractivity contribution in [3.8, 4) is 0 Å². The Morgan fingerprint density at radius 3 is 2.19 bits per heavy atom. The van der Waals surface area contributed by atoms with Crippen LogP contribution in [0.1, 0.15) is 40.5 Å². The van der Waals surface area contributed by atoms with Crippen LogP contribution in [0.4, 0.5) is 0 Å². The van der Waals surface area contributed by atoms with Gasteiger partial charge in [-0.2, -0.15) is 0 Å². The maximum Gasteiger partial charge on any atom is 0.0589 e. The molecular weight excluding hydrogens is 200 g/mol. The van der Waals surface area contributed by atoms with Crippen LogP contribution in [0.5, 0.6) is 0 Å². The molecule has 0 aromatic rings. The molecule has 0 aliphatic heterocycles. The van der Waals surface area contributed by atoms with Gasteiger partial charge < -0.3 is 10.5 Å². The summed E-state index contributed by atoms with van der Waals surface area (Å²) < 4.78 is 5.18. The lowest BCUT2D eigenvalue weighted by Crippen LogP contribution is -2.53. The van der Waals surface area contributed by atoms with Gasteiger partial charge >= 0.3 is 0 Å². The number of methoxy groups -OCH3 is 1. The van der Waals surface area contributed by atoms with E-state index in [-0.39, 0.29) is 11.0 Å². The second-order valence-corrected chi connectivity index (χ2v) is 6.30. The average molecular weight is 228 g/mol. The minimum atomic E-state index is -0.146. The van der Waals surface area contributed by atoms with Gasteiger partial charge in [-0.25, -0.2) is 0 Å². The highest BCUT2D eigenvalue weighted by molar-refractivity contribution is 4.95. The van der Waals surface area contributed by atoms with Crippen LogP contribution in [0.15, 0.2) is 0 Å². The Bertz CT molecular complexity index is 216. The molecule has 16 heavy (non-hydrogen) atoms. The van der Waals surface area contributed by atoms with Crippen molar-refractivity contribution in [1.29, 1.82) is 0 Å². The highest BCUT2D eigenvalue weighted by Gasteiger charge is 2.38. The minimum absolute atomic E-state index is 0.128. The first kappa shape index (κ1) is 13.9. The second kappa shape index (κ2) is 5.03. The summed E-state index contributed by atoms with van der Waals surface area (Å²) in [5.41, 5.74) is 6.24. The maximum atomic E-state index is 6.25. The molecule has 0 saturated heterocycles. The van der Waals surface area contributed by atoms with Gasteiger partial charge in [-0.05, 0) is 32.1 Å². The average Bonchev–Trinajstić information content (AvgIpc) is 2.93. The number of hydrogen-bond donors (Lipinski definition) is 1. The molecule has 0 radical (unpaired) electrons. The Labute approximate surface area is 100 Å². The standard InChI is InChI=1S/C13H28N2O/c1-12(2,13(3,4)14)10-15(8-9-16-5)11-6-7-11/h11H,6-10,14H2,1-5H3. The number of nitrogens with zero attached hydrogens (tertiary/aromatic N) is 1.